The molecule has 1 aliphatic carbocycles. The van der Waals surface area contributed by atoms with E-state index < -0.39 is 0 Å². The Kier molecular flexibility index (Phi) is 6.84. The summed E-state index contributed by atoms with van der Waals surface area (Å²) in [6.07, 6.45) is 19.7. The number of benzene rings is 5. The standard InChI is InChI=1S/C48H40N4/c1-48(2)38-24-25-44-37(27-31-51(44)42-20-8-6-16-35(42)40-18-10-12-28-49-40)45(38)33-14-4-5-15-34(33)46-39(48)23-22-32-26-30-52(47(32)46)43-21-9-7-17-36(43)41-19-11-13-29-50(41)3/h4-27,29-31,41,49H,28H2,1-3H3. The number of fused-ring (bicyclic) bond motifs is 9. The Morgan fingerprint density at radius 1 is 0.654 bits per heavy atom. The number of aromatic nitrogens is 2. The third kappa shape index (κ3) is 4.47. The minimum Gasteiger partial charge on any atom is -0.381 e. The maximum Gasteiger partial charge on any atom is 0.0741 e. The Hall–Kier alpha value is -6.26. The molecule has 5 aromatic carbocycles. The average molecular weight is 673 g/mol. The molecule has 252 valence electrons. The van der Waals surface area contributed by atoms with Crippen molar-refractivity contribution in [2.75, 3.05) is 13.6 Å². The van der Waals surface area contributed by atoms with E-state index in [1.54, 1.807) is 0 Å². The molecular weight excluding hydrogens is 633 g/mol. The van der Waals surface area contributed by atoms with Crippen molar-refractivity contribution in [3.05, 3.63) is 186 Å². The first-order valence-corrected chi connectivity index (χ1v) is 18.3. The monoisotopic (exact) mass is 672 g/mol. The van der Waals surface area contributed by atoms with E-state index in [0.717, 1.165) is 12.2 Å². The van der Waals surface area contributed by atoms with Crippen LogP contribution in [0.3, 0.4) is 0 Å². The van der Waals surface area contributed by atoms with Gasteiger partial charge in [0.2, 0.25) is 0 Å². The first-order valence-electron chi connectivity index (χ1n) is 18.3. The molecule has 2 aromatic heterocycles. The van der Waals surface area contributed by atoms with E-state index in [1.165, 1.54) is 77.7 Å². The molecular formula is C48H40N4. The Morgan fingerprint density at radius 3 is 2.17 bits per heavy atom. The number of likely N-dealkylation sites (N-methyl/N-ethyl adjacent to an activating group) is 1. The van der Waals surface area contributed by atoms with Gasteiger partial charge in [0.25, 0.3) is 0 Å². The van der Waals surface area contributed by atoms with Crippen molar-refractivity contribution in [1.29, 1.82) is 0 Å². The molecule has 0 bridgehead atoms. The number of hydrogen-bond donors (Lipinski definition) is 1. The van der Waals surface area contributed by atoms with Crippen LogP contribution in [0.15, 0.2) is 164 Å². The topological polar surface area (TPSA) is 25.1 Å². The van der Waals surface area contributed by atoms with Crippen LogP contribution in [-0.2, 0) is 5.41 Å². The number of nitrogens with zero attached hydrogens (tertiary/aromatic N) is 3. The molecule has 0 radical (unpaired) electrons. The fourth-order valence-corrected chi connectivity index (χ4v) is 8.95. The number of nitrogens with one attached hydrogen (secondary N) is 1. The summed E-state index contributed by atoms with van der Waals surface area (Å²) in [6, 6.07) is 40.9. The van der Waals surface area contributed by atoms with E-state index in [9.17, 15) is 0 Å². The Labute approximate surface area is 305 Å². The highest BCUT2D eigenvalue weighted by molar-refractivity contribution is 6.09. The second-order valence-electron chi connectivity index (χ2n) is 14.7. The minimum absolute atomic E-state index is 0.151. The minimum atomic E-state index is -0.277. The molecule has 4 heteroatoms. The largest absolute Gasteiger partial charge is 0.381 e. The van der Waals surface area contributed by atoms with Gasteiger partial charge in [-0.1, -0.05) is 117 Å². The maximum atomic E-state index is 3.58. The van der Waals surface area contributed by atoms with Crippen molar-refractivity contribution in [2.24, 2.45) is 0 Å². The van der Waals surface area contributed by atoms with Crippen LogP contribution in [-0.4, -0.2) is 27.6 Å². The van der Waals surface area contributed by atoms with Crippen molar-refractivity contribution in [3.63, 3.8) is 0 Å². The molecule has 1 atom stereocenters. The number of allylic oxidation sites excluding steroid dienone is 4. The van der Waals surface area contributed by atoms with Crippen LogP contribution in [0.5, 0.6) is 0 Å². The van der Waals surface area contributed by atoms with Gasteiger partial charge in [0.05, 0.1) is 28.5 Å². The van der Waals surface area contributed by atoms with Gasteiger partial charge in [-0.05, 0) is 76.5 Å². The van der Waals surface area contributed by atoms with Crippen molar-refractivity contribution in [3.8, 4) is 33.6 Å². The molecule has 2 aliphatic heterocycles. The van der Waals surface area contributed by atoms with Crippen molar-refractivity contribution < 1.29 is 0 Å². The molecule has 4 nitrogen and oxygen atoms in total. The molecule has 7 aromatic rings. The first-order chi connectivity index (χ1) is 25.5. The lowest BCUT2D eigenvalue weighted by Gasteiger charge is -2.30. The summed E-state index contributed by atoms with van der Waals surface area (Å²) in [4.78, 5) is 2.29. The number of rotatable bonds is 4. The predicted octanol–water partition coefficient (Wildman–Crippen LogP) is 11.1. The fraction of sp³-hybridized carbons (Fsp3) is 0.125. The van der Waals surface area contributed by atoms with Gasteiger partial charge in [-0.2, -0.15) is 0 Å². The Morgan fingerprint density at radius 2 is 1.37 bits per heavy atom. The summed E-state index contributed by atoms with van der Waals surface area (Å²) in [5.74, 6) is 0. The lowest BCUT2D eigenvalue weighted by atomic mass is 9.74. The van der Waals surface area contributed by atoms with Gasteiger partial charge >= 0.3 is 0 Å². The van der Waals surface area contributed by atoms with E-state index >= 15 is 0 Å². The molecule has 0 saturated carbocycles. The Balaban J connectivity index is 1.22. The van der Waals surface area contributed by atoms with E-state index in [4.69, 9.17) is 0 Å². The van der Waals surface area contributed by atoms with Crippen LogP contribution in [0.4, 0.5) is 0 Å². The van der Waals surface area contributed by atoms with Gasteiger partial charge in [-0.15, -0.1) is 0 Å². The second-order valence-corrected chi connectivity index (χ2v) is 14.7. The van der Waals surface area contributed by atoms with Gasteiger partial charge in [0, 0.05) is 64.6 Å². The summed E-state index contributed by atoms with van der Waals surface area (Å²) < 4.78 is 4.81. The fourth-order valence-electron chi connectivity index (χ4n) is 8.95. The smallest absolute Gasteiger partial charge is 0.0741 e. The second kappa shape index (κ2) is 11.6. The number of hydrogen-bond acceptors (Lipinski definition) is 2. The number of dihydropyridines is 1. The quantitative estimate of drug-likeness (QED) is 0.201. The third-order valence-corrected chi connectivity index (χ3v) is 11.5. The molecule has 1 unspecified atom stereocenters. The van der Waals surface area contributed by atoms with Crippen molar-refractivity contribution in [2.45, 2.75) is 25.3 Å². The number of para-hydroxylation sites is 2. The summed E-state index contributed by atoms with van der Waals surface area (Å²) in [5, 5.41) is 6.09. The molecule has 4 heterocycles. The van der Waals surface area contributed by atoms with E-state index in [-0.39, 0.29) is 11.5 Å². The van der Waals surface area contributed by atoms with Crippen LogP contribution < -0.4 is 5.32 Å². The molecule has 0 amide bonds. The lowest BCUT2D eigenvalue weighted by molar-refractivity contribution is 0.389. The first kappa shape index (κ1) is 30.6. The summed E-state index contributed by atoms with van der Waals surface area (Å²) in [7, 11) is 2.16. The molecule has 0 fully saturated rings. The van der Waals surface area contributed by atoms with E-state index in [1.807, 2.05) is 0 Å². The van der Waals surface area contributed by atoms with Crippen LogP contribution in [0.1, 0.15) is 42.1 Å². The van der Waals surface area contributed by atoms with Gasteiger partial charge in [-0.25, -0.2) is 0 Å². The highest BCUT2D eigenvalue weighted by atomic mass is 15.1. The molecule has 3 aliphatic rings. The molecule has 0 saturated heterocycles. The Bertz CT molecular complexity index is 2690. The molecule has 1 N–H and O–H groups in total. The third-order valence-electron chi connectivity index (χ3n) is 11.5. The average Bonchev–Trinajstić information content (AvgIpc) is 3.81. The van der Waals surface area contributed by atoms with Crippen LogP contribution in [0.25, 0.3) is 61.1 Å². The van der Waals surface area contributed by atoms with Gasteiger partial charge in [0.1, 0.15) is 0 Å². The van der Waals surface area contributed by atoms with Crippen LogP contribution >= 0.6 is 0 Å². The van der Waals surface area contributed by atoms with Crippen LogP contribution in [0, 0.1) is 0 Å². The predicted molar refractivity (Wildman–Crippen MR) is 217 cm³/mol. The summed E-state index contributed by atoms with van der Waals surface area (Å²) in [6.45, 7) is 5.65. The zero-order chi connectivity index (χ0) is 35.0. The molecule has 52 heavy (non-hydrogen) atoms. The van der Waals surface area contributed by atoms with Gasteiger partial charge in [0.15, 0.2) is 0 Å². The van der Waals surface area contributed by atoms with Crippen molar-refractivity contribution >= 4 is 27.5 Å². The maximum absolute atomic E-state index is 3.58. The zero-order valence-corrected chi connectivity index (χ0v) is 29.7. The van der Waals surface area contributed by atoms with Crippen LogP contribution in [0.2, 0.25) is 0 Å². The molecule has 0 spiro atoms. The van der Waals surface area contributed by atoms with E-state index in [0.29, 0.717) is 0 Å². The summed E-state index contributed by atoms with van der Waals surface area (Å²) in [5.41, 5.74) is 16.0. The molecule has 10 rings (SSSR count). The van der Waals surface area contributed by atoms with Crippen molar-refractivity contribution in [1.82, 2.24) is 19.4 Å². The lowest BCUT2D eigenvalue weighted by Crippen LogP contribution is -2.21. The summed E-state index contributed by atoms with van der Waals surface area (Å²) >= 11 is 0. The van der Waals surface area contributed by atoms with E-state index in [2.05, 4.69) is 204 Å². The SMILES string of the molecule is CN1C=CC=CC1c1ccccc1-n1ccc2ccc3c(c21)-c1ccccc1-c1c(ccc2c1ccn2-c1ccccc1C1=CC=CCN1)C3(C)C. The van der Waals surface area contributed by atoms with Gasteiger partial charge in [-0.3, -0.25) is 0 Å². The van der Waals surface area contributed by atoms with Gasteiger partial charge < -0.3 is 19.4 Å². The highest BCUT2D eigenvalue weighted by Gasteiger charge is 2.36. The highest BCUT2D eigenvalue weighted by Crippen LogP contribution is 2.53. The normalized spacial score (nSPS) is 17.0. The zero-order valence-electron chi connectivity index (χ0n) is 29.7.